The molecular weight excluding hydrogens is 244 g/mol. The molecule has 0 fully saturated rings. The molecule has 1 atom stereocenters. The summed E-state index contributed by atoms with van der Waals surface area (Å²) < 4.78 is 0. The number of hydrogen-bond acceptors (Lipinski definition) is 4. The largest absolute Gasteiger partial charge is 0.508 e. The number of hydrogen-bond donors (Lipinski definition) is 2. The van der Waals surface area contributed by atoms with Crippen LogP contribution in [0.5, 0.6) is 5.75 Å². The van der Waals surface area contributed by atoms with E-state index in [4.69, 9.17) is 10.7 Å². The van der Waals surface area contributed by atoms with Gasteiger partial charge in [-0.1, -0.05) is 12.1 Å². The van der Waals surface area contributed by atoms with E-state index in [9.17, 15) is 5.11 Å². The summed E-state index contributed by atoms with van der Waals surface area (Å²) in [5, 5.41) is 10.6. The molecule has 3 N–H and O–H groups in total. The summed E-state index contributed by atoms with van der Waals surface area (Å²) in [5.74, 6) is 0.316. The lowest BCUT2D eigenvalue weighted by Crippen LogP contribution is -2.26. The van der Waals surface area contributed by atoms with Gasteiger partial charge in [0.05, 0.1) is 10.7 Å². The highest BCUT2D eigenvalue weighted by Gasteiger charge is 2.19. The smallest absolute Gasteiger partial charge is 0.115 e. The number of benzene rings is 1. The molecule has 4 heteroatoms. The molecule has 3 rings (SSSR count). The first-order valence-electron chi connectivity index (χ1n) is 6.21. The van der Waals surface area contributed by atoms with Crippen molar-refractivity contribution < 1.29 is 5.11 Å². The van der Waals surface area contributed by atoms with Gasteiger partial charge in [-0.25, -0.2) is 4.98 Å². The molecule has 1 unspecified atom stereocenters. The second-order valence-electron chi connectivity index (χ2n) is 4.83. The highest BCUT2D eigenvalue weighted by atomic mass is 32.1. The van der Waals surface area contributed by atoms with E-state index in [1.807, 2.05) is 12.1 Å². The molecule has 1 aromatic heterocycles. The van der Waals surface area contributed by atoms with E-state index in [0.717, 1.165) is 36.3 Å². The van der Waals surface area contributed by atoms with E-state index in [1.54, 1.807) is 23.5 Å². The molecular formula is C14H16N2OS. The van der Waals surface area contributed by atoms with Crippen LogP contribution in [0.4, 0.5) is 0 Å². The maximum absolute atomic E-state index is 9.45. The number of aromatic hydroxyl groups is 1. The van der Waals surface area contributed by atoms with Gasteiger partial charge in [-0.3, -0.25) is 0 Å². The van der Waals surface area contributed by atoms with Crippen LogP contribution in [0.3, 0.4) is 0 Å². The molecule has 0 saturated heterocycles. The summed E-state index contributed by atoms with van der Waals surface area (Å²) in [5.41, 5.74) is 8.31. The standard InChI is InChI=1S/C14H16N2OS/c15-10-4-5-12-13(8-10)18-14(16-12)7-9-2-1-3-11(17)6-9/h1-3,6,10,17H,4-5,7-8,15H2. The van der Waals surface area contributed by atoms with E-state index < -0.39 is 0 Å². The van der Waals surface area contributed by atoms with Gasteiger partial charge in [-0.05, 0) is 37.0 Å². The fraction of sp³-hybridized carbons (Fsp3) is 0.357. The molecule has 1 aliphatic rings. The number of nitrogens with two attached hydrogens (primary N) is 1. The Morgan fingerprint density at radius 1 is 1.44 bits per heavy atom. The van der Waals surface area contributed by atoms with Gasteiger partial charge in [0.25, 0.3) is 0 Å². The third-order valence-corrected chi connectivity index (χ3v) is 4.41. The van der Waals surface area contributed by atoms with Crippen molar-refractivity contribution in [2.45, 2.75) is 31.7 Å². The first-order chi connectivity index (χ1) is 8.70. The predicted octanol–water partition coefficient (Wildman–Crippen LogP) is 2.26. The van der Waals surface area contributed by atoms with Crippen molar-refractivity contribution in [3.63, 3.8) is 0 Å². The lowest BCUT2D eigenvalue weighted by molar-refractivity contribution is 0.474. The zero-order chi connectivity index (χ0) is 12.5. The Hall–Kier alpha value is -1.39. The quantitative estimate of drug-likeness (QED) is 0.870. The van der Waals surface area contributed by atoms with Crippen LogP contribution in [0.1, 0.15) is 27.6 Å². The third-order valence-electron chi connectivity index (χ3n) is 3.29. The average Bonchev–Trinajstić information content (AvgIpc) is 2.70. The highest BCUT2D eigenvalue weighted by Crippen LogP contribution is 2.28. The minimum absolute atomic E-state index is 0.298. The van der Waals surface area contributed by atoms with Crippen LogP contribution >= 0.6 is 11.3 Å². The Labute approximate surface area is 110 Å². The molecule has 0 amide bonds. The molecule has 18 heavy (non-hydrogen) atoms. The van der Waals surface area contributed by atoms with Crippen LogP contribution in [0.25, 0.3) is 0 Å². The van der Waals surface area contributed by atoms with E-state index in [1.165, 1.54) is 10.6 Å². The van der Waals surface area contributed by atoms with Crippen molar-refractivity contribution in [3.8, 4) is 5.75 Å². The van der Waals surface area contributed by atoms with Gasteiger partial charge in [-0.2, -0.15) is 0 Å². The lowest BCUT2D eigenvalue weighted by Gasteiger charge is -2.15. The van der Waals surface area contributed by atoms with Crippen molar-refractivity contribution in [2.24, 2.45) is 5.73 Å². The van der Waals surface area contributed by atoms with Crippen molar-refractivity contribution in [3.05, 3.63) is 45.4 Å². The number of phenolic OH excluding ortho intramolecular Hbond substituents is 1. The molecule has 94 valence electrons. The zero-order valence-electron chi connectivity index (χ0n) is 10.1. The second kappa shape index (κ2) is 4.71. The summed E-state index contributed by atoms with van der Waals surface area (Å²) in [6, 6.07) is 7.67. The molecule has 1 heterocycles. The summed E-state index contributed by atoms with van der Waals surface area (Å²) in [6.07, 6.45) is 3.81. The maximum Gasteiger partial charge on any atom is 0.115 e. The molecule has 3 nitrogen and oxygen atoms in total. The predicted molar refractivity (Wildman–Crippen MR) is 73.0 cm³/mol. The van der Waals surface area contributed by atoms with E-state index >= 15 is 0 Å². The van der Waals surface area contributed by atoms with Crippen LogP contribution in [0.15, 0.2) is 24.3 Å². The minimum atomic E-state index is 0.298. The Morgan fingerprint density at radius 3 is 3.17 bits per heavy atom. The number of fused-ring (bicyclic) bond motifs is 1. The lowest BCUT2D eigenvalue weighted by atomic mass is 9.99. The normalized spacial score (nSPS) is 18.6. The van der Waals surface area contributed by atoms with Crippen molar-refractivity contribution in [1.82, 2.24) is 4.98 Å². The second-order valence-corrected chi connectivity index (χ2v) is 6.00. The molecule has 0 saturated carbocycles. The van der Waals surface area contributed by atoms with Gasteiger partial charge in [0.1, 0.15) is 5.75 Å². The van der Waals surface area contributed by atoms with Gasteiger partial charge in [-0.15, -0.1) is 11.3 Å². The number of rotatable bonds is 2. The van der Waals surface area contributed by atoms with Gasteiger partial charge in [0, 0.05) is 17.3 Å². The van der Waals surface area contributed by atoms with Crippen LogP contribution < -0.4 is 5.73 Å². The van der Waals surface area contributed by atoms with Crippen LogP contribution in [-0.4, -0.2) is 16.1 Å². The topological polar surface area (TPSA) is 59.1 Å². The summed E-state index contributed by atoms with van der Waals surface area (Å²) in [4.78, 5) is 6.04. The van der Waals surface area contributed by atoms with Crippen LogP contribution in [0.2, 0.25) is 0 Å². The fourth-order valence-corrected chi connectivity index (χ4v) is 3.61. The number of aromatic nitrogens is 1. The fourth-order valence-electron chi connectivity index (χ4n) is 2.37. The van der Waals surface area contributed by atoms with Gasteiger partial charge >= 0.3 is 0 Å². The molecule has 1 aromatic carbocycles. The summed E-state index contributed by atoms with van der Waals surface area (Å²) in [7, 11) is 0. The first kappa shape index (κ1) is 11.7. The Kier molecular flexibility index (Phi) is 3.06. The van der Waals surface area contributed by atoms with Gasteiger partial charge in [0.15, 0.2) is 0 Å². The highest BCUT2D eigenvalue weighted by molar-refractivity contribution is 7.11. The number of thiazole rings is 1. The van der Waals surface area contributed by atoms with Gasteiger partial charge < -0.3 is 10.8 Å². The average molecular weight is 260 g/mol. The molecule has 2 aromatic rings. The van der Waals surface area contributed by atoms with Crippen molar-refractivity contribution in [1.29, 1.82) is 0 Å². The number of aryl methyl sites for hydroxylation is 1. The molecule has 1 aliphatic carbocycles. The number of nitrogens with zero attached hydrogens (tertiary/aromatic N) is 1. The van der Waals surface area contributed by atoms with E-state index in [2.05, 4.69) is 0 Å². The summed E-state index contributed by atoms with van der Waals surface area (Å²) in [6.45, 7) is 0. The Morgan fingerprint density at radius 2 is 2.33 bits per heavy atom. The third kappa shape index (κ3) is 2.40. The monoisotopic (exact) mass is 260 g/mol. The zero-order valence-corrected chi connectivity index (χ0v) is 10.9. The van der Waals surface area contributed by atoms with Gasteiger partial charge in [0.2, 0.25) is 0 Å². The maximum atomic E-state index is 9.45. The number of phenols is 1. The van der Waals surface area contributed by atoms with Crippen LogP contribution in [-0.2, 0) is 19.3 Å². The molecule has 0 bridgehead atoms. The minimum Gasteiger partial charge on any atom is -0.508 e. The van der Waals surface area contributed by atoms with Crippen molar-refractivity contribution in [2.75, 3.05) is 0 Å². The molecule has 0 spiro atoms. The SMILES string of the molecule is NC1CCc2nc(Cc3cccc(O)c3)sc2C1. The molecule has 0 aliphatic heterocycles. The van der Waals surface area contributed by atoms with E-state index in [-0.39, 0.29) is 0 Å². The molecule has 0 radical (unpaired) electrons. The van der Waals surface area contributed by atoms with Crippen LogP contribution in [0, 0.1) is 0 Å². The van der Waals surface area contributed by atoms with E-state index in [0.29, 0.717) is 11.8 Å². The Bertz CT molecular complexity index is 565. The first-order valence-corrected chi connectivity index (χ1v) is 7.03. The Balaban J connectivity index is 1.82. The van der Waals surface area contributed by atoms with Crippen molar-refractivity contribution >= 4 is 11.3 Å². The summed E-state index contributed by atoms with van der Waals surface area (Å²) >= 11 is 1.77.